The van der Waals surface area contributed by atoms with Gasteiger partial charge in [0.2, 0.25) is 5.28 Å². The fraction of sp³-hybridized carbons (Fsp3) is 0.143. The van der Waals surface area contributed by atoms with Gasteiger partial charge < -0.3 is 0 Å². The Morgan fingerprint density at radius 3 is 2.27 bits per heavy atom. The van der Waals surface area contributed by atoms with E-state index >= 15 is 0 Å². The summed E-state index contributed by atoms with van der Waals surface area (Å²) in [5.74, 6) is -1.50. The van der Waals surface area contributed by atoms with Gasteiger partial charge in [0.05, 0.1) is 16.4 Å². The zero-order chi connectivity index (χ0) is 16.0. The van der Waals surface area contributed by atoms with E-state index < -0.39 is 11.6 Å². The lowest BCUT2D eigenvalue weighted by Crippen LogP contribution is -2.01. The normalized spacial score (nSPS) is 11.2. The highest BCUT2D eigenvalue weighted by Crippen LogP contribution is 2.31. The Hall–Kier alpha value is -1.92. The highest BCUT2D eigenvalue weighted by molar-refractivity contribution is 6.31. The van der Waals surface area contributed by atoms with E-state index in [1.54, 1.807) is 13.8 Å². The minimum Gasteiger partial charge on any atom is -0.246 e. The van der Waals surface area contributed by atoms with Gasteiger partial charge >= 0.3 is 0 Å². The van der Waals surface area contributed by atoms with Gasteiger partial charge in [-0.3, -0.25) is 0 Å². The Bertz CT molecular complexity index is 915. The maximum atomic E-state index is 14.2. The third kappa shape index (κ3) is 2.48. The lowest BCUT2D eigenvalue weighted by Gasteiger charge is -2.09. The van der Waals surface area contributed by atoms with Crippen LogP contribution in [0.25, 0.3) is 22.4 Å². The SMILES string of the molecule is Cc1nc2nc(Cl)nc(-c3cc(F)c(Cl)cc3F)c2nc1C. The largest absolute Gasteiger partial charge is 0.246 e. The van der Waals surface area contributed by atoms with E-state index in [2.05, 4.69) is 19.9 Å². The van der Waals surface area contributed by atoms with Crippen molar-refractivity contribution in [3.8, 4) is 11.3 Å². The van der Waals surface area contributed by atoms with Crippen molar-refractivity contribution in [2.45, 2.75) is 13.8 Å². The first-order chi connectivity index (χ1) is 10.4. The number of halogens is 4. The molecule has 1 aromatic carbocycles. The second-order valence-electron chi connectivity index (χ2n) is 4.65. The molecule has 0 amide bonds. The van der Waals surface area contributed by atoms with E-state index in [1.807, 2.05) is 0 Å². The molecular formula is C14H8Cl2F2N4. The molecule has 3 aromatic rings. The topological polar surface area (TPSA) is 51.6 Å². The first-order valence-corrected chi connectivity index (χ1v) is 6.96. The number of aryl methyl sites for hydroxylation is 2. The average molecular weight is 341 g/mol. The fourth-order valence-electron chi connectivity index (χ4n) is 1.98. The number of hydrogen-bond acceptors (Lipinski definition) is 4. The number of aromatic nitrogens is 4. The molecule has 4 nitrogen and oxygen atoms in total. The molecule has 0 bridgehead atoms. The maximum Gasteiger partial charge on any atom is 0.225 e. The monoisotopic (exact) mass is 340 g/mol. The predicted octanol–water partition coefficient (Wildman–Crippen LogP) is 4.29. The first kappa shape index (κ1) is 15.0. The van der Waals surface area contributed by atoms with Crippen molar-refractivity contribution < 1.29 is 8.78 Å². The van der Waals surface area contributed by atoms with Crippen LogP contribution in [0.4, 0.5) is 8.78 Å². The van der Waals surface area contributed by atoms with Gasteiger partial charge in [-0.1, -0.05) is 11.6 Å². The van der Waals surface area contributed by atoms with Crippen LogP contribution in [0, 0.1) is 25.5 Å². The van der Waals surface area contributed by atoms with E-state index in [1.165, 1.54) is 0 Å². The van der Waals surface area contributed by atoms with Crippen LogP contribution in [-0.4, -0.2) is 19.9 Å². The lowest BCUT2D eigenvalue weighted by molar-refractivity contribution is 0.603. The van der Waals surface area contributed by atoms with E-state index in [-0.39, 0.29) is 32.7 Å². The molecule has 0 atom stereocenters. The van der Waals surface area contributed by atoms with E-state index in [0.717, 1.165) is 12.1 Å². The van der Waals surface area contributed by atoms with E-state index in [9.17, 15) is 8.78 Å². The van der Waals surface area contributed by atoms with Crippen molar-refractivity contribution in [2.75, 3.05) is 0 Å². The van der Waals surface area contributed by atoms with Crippen LogP contribution >= 0.6 is 23.2 Å². The maximum absolute atomic E-state index is 14.2. The molecule has 0 saturated heterocycles. The highest BCUT2D eigenvalue weighted by atomic mass is 35.5. The summed E-state index contributed by atoms with van der Waals surface area (Å²) < 4.78 is 27.8. The van der Waals surface area contributed by atoms with Crippen LogP contribution in [0.3, 0.4) is 0 Å². The van der Waals surface area contributed by atoms with Crippen molar-refractivity contribution >= 4 is 34.4 Å². The summed E-state index contributed by atoms with van der Waals surface area (Å²) in [5, 5.41) is -0.446. The van der Waals surface area contributed by atoms with Gasteiger partial charge in [0.15, 0.2) is 5.65 Å². The minimum absolute atomic E-state index is 0.0682. The minimum atomic E-state index is -0.766. The molecule has 0 aliphatic rings. The smallest absolute Gasteiger partial charge is 0.225 e. The van der Waals surface area contributed by atoms with Crippen LogP contribution in [0.15, 0.2) is 12.1 Å². The lowest BCUT2D eigenvalue weighted by atomic mass is 10.1. The van der Waals surface area contributed by atoms with Crippen LogP contribution in [0.5, 0.6) is 0 Å². The molecular weight excluding hydrogens is 333 g/mol. The third-order valence-electron chi connectivity index (χ3n) is 3.18. The number of benzene rings is 1. The Morgan fingerprint density at radius 1 is 0.864 bits per heavy atom. The summed E-state index contributed by atoms with van der Waals surface area (Å²) in [6.07, 6.45) is 0. The van der Waals surface area contributed by atoms with Gasteiger partial charge in [-0.25, -0.2) is 23.7 Å². The standard InChI is InChI=1S/C14H8Cl2F2N4/c1-5-6(2)20-13-12(19-5)11(21-14(16)22-13)7-3-10(18)8(15)4-9(7)17/h3-4H,1-2H3. The van der Waals surface area contributed by atoms with Gasteiger partial charge in [-0.15, -0.1) is 0 Å². The summed E-state index contributed by atoms with van der Waals surface area (Å²) in [5.41, 5.74) is 1.72. The summed E-state index contributed by atoms with van der Waals surface area (Å²) in [6, 6.07) is 1.83. The summed E-state index contributed by atoms with van der Waals surface area (Å²) in [4.78, 5) is 16.5. The van der Waals surface area contributed by atoms with Gasteiger partial charge in [-0.2, -0.15) is 4.98 Å². The van der Waals surface area contributed by atoms with Crippen molar-refractivity contribution in [3.63, 3.8) is 0 Å². The second kappa shape index (κ2) is 5.37. The number of hydrogen-bond donors (Lipinski definition) is 0. The molecule has 8 heteroatoms. The summed E-state index contributed by atoms with van der Waals surface area (Å²) in [7, 11) is 0. The third-order valence-corrected chi connectivity index (χ3v) is 3.64. The molecule has 0 aliphatic carbocycles. The first-order valence-electron chi connectivity index (χ1n) is 6.20. The Kier molecular flexibility index (Phi) is 3.66. The van der Waals surface area contributed by atoms with Crippen LogP contribution < -0.4 is 0 Å². The van der Waals surface area contributed by atoms with Crippen molar-refractivity contribution in [2.24, 2.45) is 0 Å². The Morgan fingerprint density at radius 2 is 1.55 bits per heavy atom. The molecule has 2 heterocycles. The molecule has 0 aliphatic heterocycles. The number of rotatable bonds is 1. The van der Waals surface area contributed by atoms with Gasteiger partial charge in [0.25, 0.3) is 0 Å². The van der Waals surface area contributed by atoms with Crippen molar-refractivity contribution in [1.29, 1.82) is 0 Å². The molecule has 2 aromatic heterocycles. The van der Waals surface area contributed by atoms with E-state index in [4.69, 9.17) is 23.2 Å². The number of fused-ring (bicyclic) bond motifs is 1. The molecule has 3 rings (SSSR count). The molecule has 0 radical (unpaired) electrons. The quantitative estimate of drug-likeness (QED) is 0.489. The molecule has 0 saturated carbocycles. The molecule has 0 N–H and O–H groups in total. The van der Waals surface area contributed by atoms with Gasteiger partial charge in [0.1, 0.15) is 22.8 Å². The molecule has 112 valence electrons. The Balaban J connectivity index is 2.40. The van der Waals surface area contributed by atoms with Crippen LogP contribution in [0.2, 0.25) is 10.3 Å². The predicted molar refractivity (Wildman–Crippen MR) is 80.0 cm³/mol. The van der Waals surface area contributed by atoms with E-state index in [0.29, 0.717) is 11.4 Å². The molecule has 22 heavy (non-hydrogen) atoms. The number of nitrogens with zero attached hydrogens (tertiary/aromatic N) is 4. The van der Waals surface area contributed by atoms with Crippen LogP contribution in [-0.2, 0) is 0 Å². The molecule has 0 spiro atoms. The average Bonchev–Trinajstić information content (AvgIpc) is 2.44. The van der Waals surface area contributed by atoms with Crippen molar-refractivity contribution in [3.05, 3.63) is 45.5 Å². The highest BCUT2D eigenvalue weighted by Gasteiger charge is 2.18. The fourth-order valence-corrected chi connectivity index (χ4v) is 2.29. The molecule has 0 unspecified atom stereocenters. The zero-order valence-electron chi connectivity index (χ0n) is 11.5. The summed E-state index contributed by atoms with van der Waals surface area (Å²) in [6.45, 7) is 3.51. The van der Waals surface area contributed by atoms with Gasteiger partial charge in [0, 0.05) is 5.56 Å². The van der Waals surface area contributed by atoms with Crippen LogP contribution in [0.1, 0.15) is 11.4 Å². The second-order valence-corrected chi connectivity index (χ2v) is 5.40. The molecule has 0 fully saturated rings. The van der Waals surface area contributed by atoms with Crippen molar-refractivity contribution in [1.82, 2.24) is 19.9 Å². The Labute approximate surface area is 134 Å². The van der Waals surface area contributed by atoms with Gasteiger partial charge in [-0.05, 0) is 37.6 Å². The summed E-state index contributed by atoms with van der Waals surface area (Å²) >= 11 is 11.4. The zero-order valence-corrected chi connectivity index (χ0v) is 13.0.